The van der Waals surface area contributed by atoms with Crippen LogP contribution in [0.15, 0.2) is 18.2 Å². The molecule has 0 unspecified atom stereocenters. The van der Waals surface area contributed by atoms with Gasteiger partial charge in [-0.3, -0.25) is 9.88 Å². The molecule has 1 fully saturated rings. The maximum atomic E-state index is 4.75. The summed E-state index contributed by atoms with van der Waals surface area (Å²) in [5, 5.41) is 3.42. The number of rotatable bonds is 5. The molecule has 1 N–H and O–H groups in total. The van der Waals surface area contributed by atoms with E-state index in [-0.39, 0.29) is 0 Å². The molecule has 0 radical (unpaired) electrons. The highest BCUT2D eigenvalue weighted by molar-refractivity contribution is 5.11. The van der Waals surface area contributed by atoms with Gasteiger partial charge in [0.2, 0.25) is 0 Å². The van der Waals surface area contributed by atoms with Crippen molar-refractivity contribution in [3.63, 3.8) is 0 Å². The Morgan fingerprint density at radius 1 is 1.26 bits per heavy atom. The van der Waals surface area contributed by atoms with Gasteiger partial charge in [0.1, 0.15) is 0 Å². The van der Waals surface area contributed by atoms with Gasteiger partial charge in [0.25, 0.3) is 0 Å². The summed E-state index contributed by atoms with van der Waals surface area (Å²) in [6.45, 7) is 11.0. The van der Waals surface area contributed by atoms with Crippen molar-refractivity contribution in [2.75, 3.05) is 13.1 Å². The number of piperidine rings is 1. The van der Waals surface area contributed by atoms with Crippen LogP contribution in [0.2, 0.25) is 0 Å². The van der Waals surface area contributed by atoms with Crippen molar-refractivity contribution in [3.05, 3.63) is 29.6 Å². The summed E-state index contributed by atoms with van der Waals surface area (Å²) in [4.78, 5) is 7.28. The molecule has 3 heteroatoms. The number of hydrogen-bond acceptors (Lipinski definition) is 3. The van der Waals surface area contributed by atoms with E-state index in [1.165, 1.54) is 31.6 Å². The summed E-state index contributed by atoms with van der Waals surface area (Å²) in [6, 6.07) is 6.90. The molecule has 2 heterocycles. The summed E-state index contributed by atoms with van der Waals surface area (Å²) >= 11 is 0. The molecule has 3 nitrogen and oxygen atoms in total. The number of aromatic nitrogens is 1. The van der Waals surface area contributed by atoms with Crippen LogP contribution in [-0.2, 0) is 13.1 Å². The minimum Gasteiger partial charge on any atom is -0.309 e. The smallest absolute Gasteiger partial charge is 0.0547 e. The van der Waals surface area contributed by atoms with Crippen LogP contribution in [0.1, 0.15) is 45.0 Å². The second-order valence-corrected chi connectivity index (χ2v) is 6.11. The van der Waals surface area contributed by atoms with Crippen molar-refractivity contribution >= 4 is 0 Å². The van der Waals surface area contributed by atoms with Gasteiger partial charge >= 0.3 is 0 Å². The van der Waals surface area contributed by atoms with Crippen LogP contribution in [0.5, 0.6) is 0 Å². The van der Waals surface area contributed by atoms with Crippen molar-refractivity contribution in [1.29, 1.82) is 0 Å². The van der Waals surface area contributed by atoms with Crippen LogP contribution in [0.25, 0.3) is 0 Å². The predicted octanol–water partition coefficient (Wildman–Crippen LogP) is 2.81. The van der Waals surface area contributed by atoms with E-state index in [2.05, 4.69) is 49.2 Å². The fraction of sp³-hybridized carbons (Fsp3) is 0.688. The topological polar surface area (TPSA) is 28.2 Å². The first kappa shape index (κ1) is 14.5. The molecule has 1 aromatic heterocycles. The molecule has 0 spiro atoms. The first-order valence-electron chi connectivity index (χ1n) is 7.54. The summed E-state index contributed by atoms with van der Waals surface area (Å²) < 4.78 is 0. The number of likely N-dealkylation sites (tertiary alicyclic amines) is 1. The van der Waals surface area contributed by atoms with Gasteiger partial charge in [-0.1, -0.05) is 26.8 Å². The molecule has 2 rings (SSSR count). The molecule has 0 aromatic carbocycles. The van der Waals surface area contributed by atoms with Gasteiger partial charge in [0.05, 0.1) is 11.4 Å². The van der Waals surface area contributed by atoms with Crippen LogP contribution in [0.4, 0.5) is 0 Å². The Bertz CT molecular complexity index is 381. The predicted molar refractivity (Wildman–Crippen MR) is 79.9 cm³/mol. The zero-order valence-corrected chi connectivity index (χ0v) is 12.5. The SMILES string of the molecule is CC1CCN(Cc2cccc(CNC(C)C)n2)CC1. The molecule has 0 bridgehead atoms. The van der Waals surface area contributed by atoms with Gasteiger partial charge in [-0.15, -0.1) is 0 Å². The Kier molecular flexibility index (Phi) is 5.34. The van der Waals surface area contributed by atoms with Crippen LogP contribution < -0.4 is 5.32 Å². The molecular formula is C16H27N3. The molecular weight excluding hydrogens is 234 g/mol. The molecule has 1 aromatic rings. The lowest BCUT2D eigenvalue weighted by atomic mass is 9.99. The molecule has 1 aliphatic heterocycles. The van der Waals surface area contributed by atoms with Gasteiger partial charge in [0, 0.05) is 19.1 Å². The first-order valence-corrected chi connectivity index (χ1v) is 7.54. The lowest BCUT2D eigenvalue weighted by molar-refractivity contribution is 0.183. The van der Waals surface area contributed by atoms with Crippen molar-refractivity contribution in [2.24, 2.45) is 5.92 Å². The van der Waals surface area contributed by atoms with Crippen molar-refractivity contribution in [1.82, 2.24) is 15.2 Å². The highest BCUT2D eigenvalue weighted by Gasteiger charge is 2.16. The Morgan fingerprint density at radius 2 is 1.95 bits per heavy atom. The average Bonchev–Trinajstić information content (AvgIpc) is 2.40. The van der Waals surface area contributed by atoms with Gasteiger partial charge in [-0.05, 0) is 44.0 Å². The number of nitrogens with zero attached hydrogens (tertiary/aromatic N) is 2. The maximum absolute atomic E-state index is 4.75. The van der Waals surface area contributed by atoms with E-state index in [1.807, 2.05) is 0 Å². The second kappa shape index (κ2) is 7.01. The van der Waals surface area contributed by atoms with Crippen molar-refractivity contribution in [3.8, 4) is 0 Å². The van der Waals surface area contributed by atoms with E-state index < -0.39 is 0 Å². The number of nitrogens with one attached hydrogen (secondary N) is 1. The lowest BCUT2D eigenvalue weighted by Gasteiger charge is -2.29. The third-order valence-electron chi connectivity index (χ3n) is 3.82. The van der Waals surface area contributed by atoms with E-state index >= 15 is 0 Å². The van der Waals surface area contributed by atoms with Crippen LogP contribution in [0, 0.1) is 5.92 Å². The Morgan fingerprint density at radius 3 is 2.63 bits per heavy atom. The second-order valence-electron chi connectivity index (χ2n) is 6.11. The van der Waals surface area contributed by atoms with E-state index in [0.717, 1.165) is 24.7 Å². The summed E-state index contributed by atoms with van der Waals surface area (Å²) in [7, 11) is 0. The van der Waals surface area contributed by atoms with E-state index in [9.17, 15) is 0 Å². The van der Waals surface area contributed by atoms with Gasteiger partial charge in [0.15, 0.2) is 0 Å². The molecule has 19 heavy (non-hydrogen) atoms. The minimum atomic E-state index is 0.508. The zero-order valence-electron chi connectivity index (χ0n) is 12.5. The van der Waals surface area contributed by atoms with Gasteiger partial charge in [-0.2, -0.15) is 0 Å². The Hall–Kier alpha value is -0.930. The first-order chi connectivity index (χ1) is 9.13. The lowest BCUT2D eigenvalue weighted by Crippen LogP contribution is -2.32. The third kappa shape index (κ3) is 4.92. The van der Waals surface area contributed by atoms with E-state index in [4.69, 9.17) is 4.98 Å². The van der Waals surface area contributed by atoms with Gasteiger partial charge in [-0.25, -0.2) is 0 Å². The molecule has 106 valence electrons. The standard InChI is InChI=1S/C16H27N3/c1-13(2)17-11-15-5-4-6-16(18-15)12-19-9-7-14(3)8-10-19/h4-6,13-14,17H,7-12H2,1-3H3. The largest absolute Gasteiger partial charge is 0.309 e. The quantitative estimate of drug-likeness (QED) is 0.883. The molecule has 0 atom stereocenters. The average molecular weight is 261 g/mol. The van der Waals surface area contributed by atoms with Crippen LogP contribution in [0.3, 0.4) is 0 Å². The normalized spacial score (nSPS) is 18.1. The van der Waals surface area contributed by atoms with Crippen molar-refractivity contribution in [2.45, 2.75) is 52.7 Å². The molecule has 1 aliphatic rings. The Balaban J connectivity index is 1.88. The third-order valence-corrected chi connectivity index (χ3v) is 3.82. The molecule has 0 aliphatic carbocycles. The molecule has 0 amide bonds. The van der Waals surface area contributed by atoms with Crippen LogP contribution in [-0.4, -0.2) is 29.0 Å². The van der Waals surface area contributed by atoms with Crippen molar-refractivity contribution < 1.29 is 0 Å². The summed E-state index contributed by atoms with van der Waals surface area (Å²) in [5.74, 6) is 0.894. The van der Waals surface area contributed by atoms with Gasteiger partial charge < -0.3 is 5.32 Å². The summed E-state index contributed by atoms with van der Waals surface area (Å²) in [5.41, 5.74) is 2.36. The van der Waals surface area contributed by atoms with E-state index in [0.29, 0.717) is 6.04 Å². The van der Waals surface area contributed by atoms with Crippen LogP contribution >= 0.6 is 0 Å². The maximum Gasteiger partial charge on any atom is 0.0547 e. The monoisotopic (exact) mass is 261 g/mol. The number of pyridine rings is 1. The fourth-order valence-corrected chi connectivity index (χ4v) is 2.47. The molecule has 0 saturated carbocycles. The highest BCUT2D eigenvalue weighted by Crippen LogP contribution is 2.17. The van der Waals surface area contributed by atoms with E-state index in [1.54, 1.807) is 0 Å². The fourth-order valence-electron chi connectivity index (χ4n) is 2.47. The molecule has 1 saturated heterocycles. The Labute approximate surface area is 117 Å². The minimum absolute atomic E-state index is 0.508. The zero-order chi connectivity index (χ0) is 13.7. The highest BCUT2D eigenvalue weighted by atomic mass is 15.1. The number of hydrogen-bond donors (Lipinski definition) is 1. The summed E-state index contributed by atoms with van der Waals surface area (Å²) in [6.07, 6.45) is 2.66.